The number of rotatable bonds is 8. The van der Waals surface area contributed by atoms with Crippen molar-refractivity contribution in [1.82, 2.24) is 15.5 Å². The number of ether oxygens (including phenoxy) is 1. The van der Waals surface area contributed by atoms with E-state index in [1.807, 2.05) is 39.8 Å². The topological polar surface area (TPSA) is 108 Å². The second-order valence-corrected chi connectivity index (χ2v) is 9.87. The molecule has 2 rings (SSSR count). The molecule has 8 nitrogen and oxygen atoms in total. The molecule has 0 bridgehead atoms. The number of hydrogen-bond donors (Lipinski definition) is 3. The number of carbonyl (C=O) groups is 3. The van der Waals surface area contributed by atoms with Crippen LogP contribution in [0.4, 0.5) is 4.79 Å². The van der Waals surface area contributed by atoms with Crippen LogP contribution in [0.15, 0.2) is 24.3 Å². The first-order chi connectivity index (χ1) is 15.4. The maximum atomic E-state index is 13.3. The zero-order valence-corrected chi connectivity index (χ0v) is 20.9. The maximum Gasteiger partial charge on any atom is 0.315 e. The first kappa shape index (κ1) is 26.9. The Morgan fingerprint density at radius 1 is 1.21 bits per heavy atom. The number of halogens is 1. The first-order valence-electron chi connectivity index (χ1n) is 11.4. The quantitative estimate of drug-likeness (QED) is 0.494. The summed E-state index contributed by atoms with van der Waals surface area (Å²) in [7, 11) is 0. The fraction of sp³-hybridized carbons (Fsp3) is 0.625. The molecule has 1 fully saturated rings. The number of esters is 1. The van der Waals surface area contributed by atoms with Crippen LogP contribution in [0.1, 0.15) is 53.0 Å². The van der Waals surface area contributed by atoms with Crippen molar-refractivity contribution in [3.63, 3.8) is 0 Å². The Bertz CT molecular complexity index is 843. The Labute approximate surface area is 201 Å². The molecule has 1 aromatic carbocycles. The SMILES string of the molecule is CCOC(=O)CCNC(=O)N[C@@H](C(=O)N1CC[C@](O)(c2ccc(Cl)cc2)C(C)(C)C1)C(C)C. The lowest BCUT2D eigenvalue weighted by Crippen LogP contribution is -2.61. The monoisotopic (exact) mass is 481 g/mol. The number of hydrogen-bond acceptors (Lipinski definition) is 5. The maximum absolute atomic E-state index is 13.3. The molecule has 3 N–H and O–H groups in total. The van der Waals surface area contributed by atoms with Crippen molar-refractivity contribution in [2.24, 2.45) is 11.3 Å². The van der Waals surface area contributed by atoms with E-state index in [1.54, 1.807) is 24.0 Å². The van der Waals surface area contributed by atoms with Crippen LogP contribution in [-0.2, 0) is 19.9 Å². The third-order valence-electron chi connectivity index (χ3n) is 6.22. The molecular formula is C24H36ClN3O5. The van der Waals surface area contributed by atoms with E-state index in [-0.39, 0.29) is 31.4 Å². The van der Waals surface area contributed by atoms with Crippen molar-refractivity contribution in [3.8, 4) is 0 Å². The largest absolute Gasteiger partial charge is 0.466 e. The predicted octanol–water partition coefficient (Wildman–Crippen LogP) is 3.06. The molecule has 0 saturated carbocycles. The lowest BCUT2D eigenvalue weighted by molar-refractivity contribution is -0.155. The molecule has 0 aromatic heterocycles. The van der Waals surface area contributed by atoms with Gasteiger partial charge in [0.25, 0.3) is 0 Å². The number of piperidine rings is 1. The van der Waals surface area contributed by atoms with Gasteiger partial charge in [0, 0.05) is 30.1 Å². The van der Waals surface area contributed by atoms with Crippen molar-refractivity contribution < 1.29 is 24.2 Å². The lowest BCUT2D eigenvalue weighted by atomic mass is 9.66. The third-order valence-corrected chi connectivity index (χ3v) is 6.47. The lowest BCUT2D eigenvalue weighted by Gasteiger charge is -2.51. The van der Waals surface area contributed by atoms with E-state index in [0.717, 1.165) is 5.56 Å². The van der Waals surface area contributed by atoms with E-state index in [9.17, 15) is 19.5 Å². The molecule has 1 aromatic rings. The molecule has 2 atom stereocenters. The standard InChI is InChI=1S/C24H36ClN3O5/c1-6-33-19(29)11-13-26-22(31)27-20(16(2)3)21(30)28-14-12-24(32,23(4,5)15-28)17-7-9-18(25)10-8-17/h7-10,16,20,32H,6,11-15H2,1-5H3,(H2,26,27,31)/t20-,24+/m1/s1. The summed E-state index contributed by atoms with van der Waals surface area (Å²) in [5.41, 5.74) is -0.971. The summed E-state index contributed by atoms with van der Waals surface area (Å²) in [6, 6.07) is 5.90. The Balaban J connectivity index is 2.03. The second kappa shape index (κ2) is 11.2. The van der Waals surface area contributed by atoms with E-state index < -0.39 is 29.1 Å². The highest BCUT2D eigenvalue weighted by Gasteiger charge is 2.50. The molecule has 33 heavy (non-hydrogen) atoms. The Morgan fingerprint density at radius 2 is 1.85 bits per heavy atom. The summed E-state index contributed by atoms with van der Waals surface area (Å²) in [5, 5.41) is 17.5. The summed E-state index contributed by atoms with van der Waals surface area (Å²) in [5.74, 6) is -0.733. The Hall–Kier alpha value is -2.32. The molecule has 3 amide bonds. The number of nitrogens with one attached hydrogen (secondary N) is 2. The van der Waals surface area contributed by atoms with E-state index in [1.165, 1.54) is 0 Å². The normalized spacial score (nSPS) is 20.8. The molecule has 9 heteroatoms. The minimum absolute atomic E-state index is 0.0607. The first-order valence-corrected chi connectivity index (χ1v) is 11.8. The number of amides is 3. The second-order valence-electron chi connectivity index (χ2n) is 9.44. The molecule has 0 unspecified atom stereocenters. The van der Waals surface area contributed by atoms with Gasteiger partial charge >= 0.3 is 12.0 Å². The average Bonchev–Trinajstić information content (AvgIpc) is 2.74. The molecule has 1 saturated heterocycles. The highest BCUT2D eigenvalue weighted by atomic mass is 35.5. The van der Waals surface area contributed by atoms with Crippen molar-refractivity contribution >= 4 is 29.5 Å². The molecule has 1 heterocycles. The molecule has 184 valence electrons. The van der Waals surface area contributed by atoms with Crippen LogP contribution >= 0.6 is 11.6 Å². The van der Waals surface area contributed by atoms with Gasteiger partial charge in [-0.25, -0.2) is 4.79 Å². The number of nitrogens with zero attached hydrogens (tertiary/aromatic N) is 1. The van der Waals surface area contributed by atoms with Gasteiger partial charge in [-0.2, -0.15) is 0 Å². The van der Waals surface area contributed by atoms with E-state index in [2.05, 4.69) is 10.6 Å². The van der Waals surface area contributed by atoms with Crippen LogP contribution in [0.25, 0.3) is 0 Å². The molecule has 1 aliphatic rings. The molecule has 0 radical (unpaired) electrons. The third kappa shape index (κ3) is 6.60. The van der Waals surface area contributed by atoms with Crippen molar-refractivity contribution in [2.45, 2.75) is 59.1 Å². The Morgan fingerprint density at radius 3 is 2.39 bits per heavy atom. The van der Waals surface area contributed by atoms with Crippen LogP contribution < -0.4 is 10.6 Å². The summed E-state index contributed by atoms with van der Waals surface area (Å²) < 4.78 is 4.84. The summed E-state index contributed by atoms with van der Waals surface area (Å²) in [6.45, 7) is 10.4. The highest BCUT2D eigenvalue weighted by Crippen LogP contribution is 2.46. The van der Waals surface area contributed by atoms with Gasteiger partial charge in [0.15, 0.2) is 0 Å². The zero-order chi connectivity index (χ0) is 24.8. The smallest absolute Gasteiger partial charge is 0.315 e. The zero-order valence-electron chi connectivity index (χ0n) is 20.1. The molecule has 0 aliphatic carbocycles. The van der Waals surface area contributed by atoms with Gasteiger partial charge in [-0.1, -0.05) is 51.4 Å². The van der Waals surface area contributed by atoms with Gasteiger partial charge in [0.1, 0.15) is 6.04 Å². The summed E-state index contributed by atoms with van der Waals surface area (Å²) in [6.07, 6.45) is 0.426. The van der Waals surface area contributed by atoms with Crippen molar-refractivity contribution in [3.05, 3.63) is 34.9 Å². The van der Waals surface area contributed by atoms with Crippen molar-refractivity contribution in [1.29, 1.82) is 0 Å². The molecular weight excluding hydrogens is 446 g/mol. The van der Waals surface area contributed by atoms with Crippen LogP contribution in [0.3, 0.4) is 0 Å². The van der Waals surface area contributed by atoms with Crippen LogP contribution in [0, 0.1) is 11.3 Å². The summed E-state index contributed by atoms with van der Waals surface area (Å²) in [4.78, 5) is 38.8. The van der Waals surface area contributed by atoms with Gasteiger partial charge in [-0.15, -0.1) is 0 Å². The minimum atomic E-state index is -1.11. The van der Waals surface area contributed by atoms with E-state index >= 15 is 0 Å². The van der Waals surface area contributed by atoms with Crippen LogP contribution in [0.2, 0.25) is 5.02 Å². The fourth-order valence-corrected chi connectivity index (χ4v) is 4.31. The van der Waals surface area contributed by atoms with Gasteiger partial charge < -0.3 is 25.4 Å². The van der Waals surface area contributed by atoms with E-state index in [0.29, 0.717) is 24.5 Å². The number of carbonyl (C=O) groups excluding carboxylic acids is 3. The number of aliphatic hydroxyl groups is 1. The summed E-state index contributed by atoms with van der Waals surface area (Å²) >= 11 is 6.00. The number of likely N-dealkylation sites (tertiary alicyclic amines) is 1. The molecule has 1 aliphatic heterocycles. The fourth-order valence-electron chi connectivity index (χ4n) is 4.18. The van der Waals surface area contributed by atoms with Gasteiger partial charge in [0.05, 0.1) is 18.6 Å². The Kier molecular flexibility index (Phi) is 9.14. The van der Waals surface area contributed by atoms with Gasteiger partial charge in [-0.3, -0.25) is 9.59 Å². The van der Waals surface area contributed by atoms with Crippen LogP contribution in [0.5, 0.6) is 0 Å². The highest BCUT2D eigenvalue weighted by molar-refractivity contribution is 6.30. The molecule has 0 spiro atoms. The average molecular weight is 482 g/mol. The van der Waals surface area contributed by atoms with Crippen LogP contribution in [-0.4, -0.2) is 60.2 Å². The van der Waals surface area contributed by atoms with Crippen molar-refractivity contribution in [2.75, 3.05) is 26.2 Å². The predicted molar refractivity (Wildman–Crippen MR) is 127 cm³/mol. The van der Waals surface area contributed by atoms with E-state index in [4.69, 9.17) is 16.3 Å². The van der Waals surface area contributed by atoms with Gasteiger partial charge in [0.2, 0.25) is 5.91 Å². The minimum Gasteiger partial charge on any atom is -0.466 e. The van der Waals surface area contributed by atoms with Gasteiger partial charge in [-0.05, 0) is 37.0 Å². The number of urea groups is 1. The number of benzene rings is 1.